The number of rotatable bonds is 8. The third-order valence-corrected chi connectivity index (χ3v) is 7.40. The maximum Gasteiger partial charge on any atom is 0.219 e. The molecular weight excluding hydrogens is 542 g/mol. The van der Waals surface area contributed by atoms with Gasteiger partial charge in [0.05, 0.1) is 38.6 Å². The van der Waals surface area contributed by atoms with E-state index in [-0.39, 0.29) is 23.6 Å². The molecule has 2 aromatic carbocycles. The van der Waals surface area contributed by atoms with Gasteiger partial charge in [-0.05, 0) is 37.4 Å². The summed E-state index contributed by atoms with van der Waals surface area (Å²) in [6.45, 7) is 1.34. The minimum Gasteiger partial charge on any atom is -0.507 e. The average molecular weight is 571 g/mol. The lowest BCUT2D eigenvalue weighted by Gasteiger charge is -2.41. The van der Waals surface area contributed by atoms with Gasteiger partial charge in [0.25, 0.3) is 0 Å². The molecule has 2 heterocycles. The van der Waals surface area contributed by atoms with Crippen molar-refractivity contribution < 1.29 is 27.7 Å². The van der Waals surface area contributed by atoms with Crippen LogP contribution in [-0.4, -0.2) is 81.2 Å². The number of amidine groups is 1. The van der Waals surface area contributed by atoms with E-state index in [0.717, 1.165) is 12.1 Å². The van der Waals surface area contributed by atoms with Crippen LogP contribution in [-0.2, 0) is 20.4 Å². The van der Waals surface area contributed by atoms with Gasteiger partial charge in [0.1, 0.15) is 28.9 Å². The predicted molar refractivity (Wildman–Crippen MR) is 148 cm³/mol. The normalized spacial score (nSPS) is 16.9. The van der Waals surface area contributed by atoms with Gasteiger partial charge >= 0.3 is 0 Å². The van der Waals surface area contributed by atoms with Crippen LogP contribution in [0.4, 0.5) is 20.3 Å². The summed E-state index contributed by atoms with van der Waals surface area (Å²) in [4.78, 5) is 36.7. The molecule has 0 radical (unpaired) electrons. The second-order valence-electron chi connectivity index (χ2n) is 9.25. The number of carbonyl (C=O) groups excluding carboxylic acids is 2. The van der Waals surface area contributed by atoms with Crippen molar-refractivity contribution in [3.05, 3.63) is 65.7 Å². The zero-order valence-electron chi connectivity index (χ0n) is 21.8. The molecule has 1 aliphatic heterocycles. The molecule has 1 fully saturated rings. The molecule has 40 heavy (non-hydrogen) atoms. The summed E-state index contributed by atoms with van der Waals surface area (Å²) in [6.07, 6.45) is 1.78. The molecule has 2 atom stereocenters. The number of amides is 2. The number of piperazine rings is 1. The Morgan fingerprint density at radius 3 is 2.65 bits per heavy atom. The molecule has 10 nitrogen and oxygen atoms in total. The fourth-order valence-corrected chi connectivity index (χ4v) is 5.31. The third-order valence-electron chi connectivity index (χ3n) is 6.44. The van der Waals surface area contributed by atoms with Gasteiger partial charge in [-0.15, -0.1) is 0 Å². The minimum atomic E-state index is -1.43. The van der Waals surface area contributed by atoms with Crippen LogP contribution in [0.5, 0.6) is 5.75 Å². The van der Waals surface area contributed by atoms with Crippen LogP contribution in [0.1, 0.15) is 12.0 Å². The summed E-state index contributed by atoms with van der Waals surface area (Å²) < 4.78 is 42.8. The first kappa shape index (κ1) is 28.8. The van der Waals surface area contributed by atoms with E-state index in [9.17, 15) is 23.3 Å². The van der Waals surface area contributed by atoms with Crippen LogP contribution in [0.25, 0.3) is 11.3 Å². The van der Waals surface area contributed by atoms with Crippen molar-refractivity contribution in [2.75, 3.05) is 38.3 Å². The number of likely N-dealkylation sites (N-methyl/N-ethyl adjacent to an activating group) is 1. The van der Waals surface area contributed by atoms with E-state index < -0.39 is 51.4 Å². The van der Waals surface area contributed by atoms with Crippen molar-refractivity contribution >= 4 is 40.5 Å². The molecule has 210 valence electrons. The smallest absolute Gasteiger partial charge is 0.219 e. The Hall–Kier alpha value is -4.23. The maximum absolute atomic E-state index is 15.7. The molecule has 1 saturated heterocycles. The number of benzene rings is 2. The van der Waals surface area contributed by atoms with Crippen molar-refractivity contribution in [1.29, 1.82) is 0 Å². The number of phenols is 1. The van der Waals surface area contributed by atoms with Gasteiger partial charge in [0.15, 0.2) is 5.82 Å². The van der Waals surface area contributed by atoms with E-state index in [0.29, 0.717) is 36.6 Å². The first-order valence-electron chi connectivity index (χ1n) is 12.2. The Labute approximate surface area is 232 Å². The van der Waals surface area contributed by atoms with Crippen LogP contribution in [0, 0.1) is 11.6 Å². The molecular formula is C27H28F2N6O4S. The molecule has 1 aliphatic rings. The van der Waals surface area contributed by atoms with Gasteiger partial charge in [0, 0.05) is 32.3 Å². The molecule has 1 aromatic heterocycles. The molecule has 2 unspecified atom stereocenters. The number of aromatic nitrogens is 1. The quantitative estimate of drug-likeness (QED) is 0.215. The summed E-state index contributed by atoms with van der Waals surface area (Å²) in [5.74, 6) is -3.03. The number of phenolic OH excluding ortho intramolecular Hbond substituents is 1. The number of primary amides is 1. The number of nitrogens with one attached hydrogen (secondary N) is 1. The Balaban J connectivity index is 1.99. The number of aliphatic imine (C=N–C) groups is 1. The number of nitrogens with two attached hydrogens (primary N) is 1. The highest BCUT2D eigenvalue weighted by Gasteiger charge is 2.32. The van der Waals surface area contributed by atoms with Crippen LogP contribution in [0.2, 0.25) is 0 Å². The number of anilines is 1. The molecule has 4 rings (SSSR count). The van der Waals surface area contributed by atoms with Crippen molar-refractivity contribution in [2.24, 2.45) is 10.7 Å². The summed E-state index contributed by atoms with van der Waals surface area (Å²) in [6, 6.07) is 10.7. The van der Waals surface area contributed by atoms with Crippen LogP contribution in [0.15, 0.2) is 58.4 Å². The Bertz CT molecular complexity index is 1480. The van der Waals surface area contributed by atoms with Crippen LogP contribution in [0.3, 0.4) is 0 Å². The lowest BCUT2D eigenvalue weighted by atomic mass is 10.0. The number of pyridine rings is 1. The van der Waals surface area contributed by atoms with Crippen molar-refractivity contribution in [2.45, 2.75) is 17.4 Å². The number of halogens is 2. The molecule has 4 N–H and O–H groups in total. The largest absolute Gasteiger partial charge is 0.507 e. The molecule has 2 amide bonds. The molecule has 0 bridgehead atoms. The number of carbonyl (C=O) groups is 2. The summed E-state index contributed by atoms with van der Waals surface area (Å²) in [5.41, 5.74) is 4.90. The highest BCUT2D eigenvalue weighted by molar-refractivity contribution is 7.84. The molecule has 0 spiro atoms. The lowest BCUT2D eigenvalue weighted by molar-refractivity contribution is -0.119. The lowest BCUT2D eigenvalue weighted by Crippen LogP contribution is -2.55. The first-order valence-corrected chi connectivity index (χ1v) is 13.8. The zero-order chi connectivity index (χ0) is 29.0. The Morgan fingerprint density at radius 1 is 1.23 bits per heavy atom. The van der Waals surface area contributed by atoms with Crippen molar-refractivity contribution in [1.82, 2.24) is 14.8 Å². The molecule has 3 aromatic rings. The van der Waals surface area contributed by atoms with Gasteiger partial charge in [0.2, 0.25) is 12.3 Å². The second kappa shape index (κ2) is 12.3. The minimum absolute atomic E-state index is 0.0277. The predicted octanol–water partition coefficient (Wildman–Crippen LogP) is 2.61. The van der Waals surface area contributed by atoms with Crippen molar-refractivity contribution in [3.63, 3.8) is 0 Å². The number of hydrogen-bond acceptors (Lipinski definition) is 7. The second-order valence-corrected chi connectivity index (χ2v) is 10.6. The zero-order valence-corrected chi connectivity index (χ0v) is 22.6. The van der Waals surface area contributed by atoms with E-state index >= 15 is 4.39 Å². The summed E-state index contributed by atoms with van der Waals surface area (Å²) in [5, 5.41) is 12.7. The molecule has 0 saturated carbocycles. The van der Waals surface area contributed by atoms with E-state index in [1.165, 1.54) is 18.4 Å². The third kappa shape index (κ3) is 6.15. The highest BCUT2D eigenvalue weighted by atomic mass is 32.2. The SMILES string of the molecule is CN1CCN(C(=Nc2ccccc2S(C)=O)c2cc(F)c(-c3c(O)cccc3F)nc2NC=O)C(CC(N)=O)C1. The standard InChI is InChI=1S/C27H28F2N6O4S/c1-34-10-11-35(16(14-34)12-23(30)38)27(32-20-7-3-4-9-22(20)40(2)39)17-13-19(29)25(33-26(17)31-15-36)24-18(28)6-5-8-21(24)37/h3-9,13,15-16,37H,10-12,14H2,1-2H3,(H2,30,38)(H,31,33,36). The van der Waals surface area contributed by atoms with E-state index in [1.54, 1.807) is 29.2 Å². The summed E-state index contributed by atoms with van der Waals surface area (Å²) in [7, 11) is 0.455. The van der Waals surface area contributed by atoms with Gasteiger partial charge in [-0.3, -0.25) is 13.8 Å². The van der Waals surface area contributed by atoms with Crippen molar-refractivity contribution in [3.8, 4) is 17.0 Å². The first-order chi connectivity index (χ1) is 19.1. The highest BCUT2D eigenvalue weighted by Crippen LogP contribution is 2.35. The monoisotopic (exact) mass is 570 g/mol. The van der Waals surface area contributed by atoms with E-state index in [4.69, 9.17) is 10.7 Å². The van der Waals surface area contributed by atoms with E-state index in [1.807, 2.05) is 11.9 Å². The van der Waals surface area contributed by atoms with E-state index in [2.05, 4.69) is 10.3 Å². The summed E-state index contributed by atoms with van der Waals surface area (Å²) >= 11 is 0. The number of para-hydroxylation sites is 1. The molecule has 0 aliphatic carbocycles. The number of aromatic hydroxyl groups is 1. The Morgan fingerprint density at radius 2 is 1.98 bits per heavy atom. The van der Waals surface area contributed by atoms with Gasteiger partial charge < -0.3 is 26.0 Å². The van der Waals surface area contributed by atoms with Crippen LogP contribution >= 0.6 is 0 Å². The number of hydrogen-bond donors (Lipinski definition) is 3. The van der Waals surface area contributed by atoms with Crippen LogP contribution < -0.4 is 11.1 Å². The van der Waals surface area contributed by atoms with Gasteiger partial charge in [-0.25, -0.2) is 18.8 Å². The van der Waals surface area contributed by atoms with Gasteiger partial charge in [-0.1, -0.05) is 18.2 Å². The van der Waals surface area contributed by atoms with Gasteiger partial charge in [-0.2, -0.15) is 0 Å². The Kier molecular flexibility index (Phi) is 8.85. The fourth-order valence-electron chi connectivity index (χ4n) is 4.63. The maximum atomic E-state index is 15.7. The number of nitrogens with zero attached hydrogens (tertiary/aromatic N) is 4. The average Bonchev–Trinajstić information content (AvgIpc) is 2.89. The topological polar surface area (TPSA) is 141 Å². The fraction of sp³-hybridized carbons (Fsp3) is 0.259. The molecule has 13 heteroatoms.